The van der Waals surface area contributed by atoms with E-state index in [1.165, 1.54) is 5.56 Å². The van der Waals surface area contributed by atoms with Crippen molar-refractivity contribution in [1.82, 2.24) is 4.90 Å². The number of carbonyl (C=O) groups is 1. The first kappa shape index (κ1) is 16.6. The Morgan fingerprint density at radius 2 is 1.62 bits per heavy atom. The average Bonchev–Trinajstić information content (AvgIpc) is 2.63. The Morgan fingerprint density at radius 3 is 2.25 bits per heavy atom. The Morgan fingerprint density at radius 1 is 1.04 bits per heavy atom. The van der Waals surface area contributed by atoms with Gasteiger partial charge in [-0.25, -0.2) is 0 Å². The van der Waals surface area contributed by atoms with Crippen LogP contribution >= 0.6 is 0 Å². The van der Waals surface area contributed by atoms with Crippen LogP contribution in [0.1, 0.15) is 25.3 Å². The van der Waals surface area contributed by atoms with Gasteiger partial charge in [0.05, 0.1) is 0 Å². The molecular formula is C21H25NO2. The van der Waals surface area contributed by atoms with Gasteiger partial charge < -0.3 is 9.64 Å². The number of rotatable bonds is 5. The maximum absolute atomic E-state index is 12.6. The van der Waals surface area contributed by atoms with Gasteiger partial charge in [0.2, 0.25) is 0 Å². The third kappa shape index (κ3) is 4.38. The van der Waals surface area contributed by atoms with Crippen LogP contribution < -0.4 is 4.74 Å². The summed E-state index contributed by atoms with van der Waals surface area (Å²) in [6.07, 6.45) is 2.81. The molecule has 0 aliphatic carbocycles. The fraction of sp³-hybridized carbons (Fsp3) is 0.381. The van der Waals surface area contributed by atoms with E-state index in [0.29, 0.717) is 5.92 Å². The number of ether oxygens (including phenoxy) is 1. The van der Waals surface area contributed by atoms with Crippen molar-refractivity contribution in [2.24, 2.45) is 5.92 Å². The number of carbonyl (C=O) groups excluding carboxylic acids is 1. The van der Waals surface area contributed by atoms with E-state index in [1.54, 1.807) is 0 Å². The summed E-state index contributed by atoms with van der Waals surface area (Å²) < 4.78 is 5.76. The van der Waals surface area contributed by atoms with Gasteiger partial charge in [0.15, 0.2) is 6.10 Å². The van der Waals surface area contributed by atoms with E-state index in [0.717, 1.165) is 38.1 Å². The highest BCUT2D eigenvalue weighted by molar-refractivity contribution is 5.81. The van der Waals surface area contributed by atoms with Crippen molar-refractivity contribution >= 4 is 5.91 Å². The molecule has 1 atom stereocenters. The molecule has 3 heteroatoms. The van der Waals surface area contributed by atoms with Crippen molar-refractivity contribution in [1.29, 1.82) is 0 Å². The number of hydrogen-bond donors (Lipinski definition) is 0. The molecule has 1 aliphatic heterocycles. The Bertz CT molecular complexity index is 633. The summed E-state index contributed by atoms with van der Waals surface area (Å²) in [4.78, 5) is 14.5. The van der Waals surface area contributed by atoms with Gasteiger partial charge in [-0.15, -0.1) is 0 Å². The van der Waals surface area contributed by atoms with E-state index in [1.807, 2.05) is 42.2 Å². The molecular weight excluding hydrogens is 298 g/mol. The van der Waals surface area contributed by atoms with Gasteiger partial charge in [0.25, 0.3) is 5.91 Å². The van der Waals surface area contributed by atoms with Crippen LogP contribution in [0.15, 0.2) is 60.7 Å². The highest BCUT2D eigenvalue weighted by Gasteiger charge is 2.27. The summed E-state index contributed by atoms with van der Waals surface area (Å²) in [5, 5.41) is 0. The lowest BCUT2D eigenvalue weighted by atomic mass is 9.90. The highest BCUT2D eigenvalue weighted by atomic mass is 16.5. The average molecular weight is 323 g/mol. The molecule has 126 valence electrons. The smallest absolute Gasteiger partial charge is 0.263 e. The second kappa shape index (κ2) is 8.00. The van der Waals surface area contributed by atoms with Crippen molar-refractivity contribution < 1.29 is 9.53 Å². The van der Waals surface area contributed by atoms with Gasteiger partial charge >= 0.3 is 0 Å². The molecule has 2 aromatic carbocycles. The minimum atomic E-state index is -0.432. The summed E-state index contributed by atoms with van der Waals surface area (Å²) >= 11 is 0. The van der Waals surface area contributed by atoms with Crippen molar-refractivity contribution in [2.75, 3.05) is 13.1 Å². The van der Waals surface area contributed by atoms with Crippen LogP contribution in [0.3, 0.4) is 0 Å². The Kier molecular flexibility index (Phi) is 5.52. The first-order valence-electron chi connectivity index (χ1n) is 8.77. The van der Waals surface area contributed by atoms with Gasteiger partial charge in [0.1, 0.15) is 5.75 Å². The van der Waals surface area contributed by atoms with Crippen LogP contribution in [0.4, 0.5) is 0 Å². The van der Waals surface area contributed by atoms with Crippen LogP contribution in [-0.2, 0) is 11.2 Å². The number of para-hydroxylation sites is 1. The van der Waals surface area contributed by atoms with Crippen LogP contribution in [0.25, 0.3) is 0 Å². The molecule has 1 heterocycles. The molecule has 0 spiro atoms. The number of piperidine rings is 1. The SMILES string of the molecule is CC(Oc1ccccc1)C(=O)N1CCC(Cc2ccccc2)CC1. The van der Waals surface area contributed by atoms with Crippen molar-refractivity contribution in [3.05, 3.63) is 66.2 Å². The lowest BCUT2D eigenvalue weighted by Crippen LogP contribution is -2.45. The van der Waals surface area contributed by atoms with Gasteiger partial charge in [-0.3, -0.25) is 4.79 Å². The number of amides is 1. The van der Waals surface area contributed by atoms with Crippen LogP contribution in [-0.4, -0.2) is 30.0 Å². The molecule has 3 rings (SSSR count). The third-order valence-corrected chi connectivity index (χ3v) is 4.70. The zero-order chi connectivity index (χ0) is 16.8. The summed E-state index contributed by atoms with van der Waals surface area (Å²) in [6, 6.07) is 20.2. The van der Waals surface area contributed by atoms with Crippen LogP contribution in [0, 0.1) is 5.92 Å². The quantitative estimate of drug-likeness (QED) is 0.834. The van der Waals surface area contributed by atoms with E-state index < -0.39 is 6.10 Å². The molecule has 3 nitrogen and oxygen atoms in total. The van der Waals surface area contributed by atoms with E-state index in [4.69, 9.17) is 4.74 Å². The Hall–Kier alpha value is -2.29. The molecule has 0 N–H and O–H groups in total. The number of nitrogens with zero attached hydrogens (tertiary/aromatic N) is 1. The van der Waals surface area contributed by atoms with E-state index in [2.05, 4.69) is 30.3 Å². The normalized spacial score (nSPS) is 16.6. The molecule has 0 aromatic heterocycles. The van der Waals surface area contributed by atoms with Gasteiger partial charge in [-0.05, 0) is 49.8 Å². The molecule has 24 heavy (non-hydrogen) atoms. The van der Waals surface area contributed by atoms with Gasteiger partial charge in [-0.2, -0.15) is 0 Å². The third-order valence-electron chi connectivity index (χ3n) is 4.70. The molecule has 0 bridgehead atoms. The molecule has 1 fully saturated rings. The zero-order valence-corrected chi connectivity index (χ0v) is 14.2. The standard InChI is InChI=1S/C21H25NO2/c1-17(24-20-10-6-3-7-11-20)21(23)22-14-12-19(13-15-22)16-18-8-4-2-5-9-18/h2-11,17,19H,12-16H2,1H3. The topological polar surface area (TPSA) is 29.5 Å². The van der Waals surface area contributed by atoms with E-state index >= 15 is 0 Å². The van der Waals surface area contributed by atoms with Crippen molar-refractivity contribution in [3.8, 4) is 5.75 Å². The minimum absolute atomic E-state index is 0.0945. The first-order chi connectivity index (χ1) is 11.7. The van der Waals surface area contributed by atoms with E-state index in [9.17, 15) is 4.79 Å². The van der Waals surface area contributed by atoms with Crippen molar-refractivity contribution in [2.45, 2.75) is 32.3 Å². The molecule has 0 saturated carbocycles. The monoisotopic (exact) mass is 323 g/mol. The zero-order valence-electron chi connectivity index (χ0n) is 14.2. The van der Waals surface area contributed by atoms with Gasteiger partial charge in [-0.1, -0.05) is 48.5 Å². The summed E-state index contributed by atoms with van der Waals surface area (Å²) in [7, 11) is 0. The fourth-order valence-corrected chi connectivity index (χ4v) is 3.32. The minimum Gasteiger partial charge on any atom is -0.481 e. The highest BCUT2D eigenvalue weighted by Crippen LogP contribution is 2.22. The molecule has 1 unspecified atom stereocenters. The number of likely N-dealkylation sites (tertiary alicyclic amines) is 1. The number of hydrogen-bond acceptors (Lipinski definition) is 2. The maximum atomic E-state index is 12.6. The van der Waals surface area contributed by atoms with Crippen LogP contribution in [0.5, 0.6) is 5.75 Å². The lowest BCUT2D eigenvalue weighted by molar-refractivity contribution is -0.139. The molecule has 1 aliphatic rings. The summed E-state index contributed by atoms with van der Waals surface area (Å²) in [5.41, 5.74) is 1.39. The Labute approximate surface area is 144 Å². The predicted octanol–water partition coefficient (Wildman–Crippen LogP) is 3.94. The molecule has 2 aromatic rings. The second-order valence-electron chi connectivity index (χ2n) is 6.53. The lowest BCUT2D eigenvalue weighted by Gasteiger charge is -2.33. The maximum Gasteiger partial charge on any atom is 0.263 e. The fourth-order valence-electron chi connectivity index (χ4n) is 3.32. The van der Waals surface area contributed by atoms with Crippen molar-refractivity contribution in [3.63, 3.8) is 0 Å². The largest absolute Gasteiger partial charge is 0.481 e. The first-order valence-corrected chi connectivity index (χ1v) is 8.77. The summed E-state index contributed by atoms with van der Waals surface area (Å²) in [6.45, 7) is 3.50. The summed E-state index contributed by atoms with van der Waals surface area (Å²) in [5.74, 6) is 1.51. The Balaban J connectivity index is 1.48. The number of benzene rings is 2. The van der Waals surface area contributed by atoms with Crippen LogP contribution in [0.2, 0.25) is 0 Å². The van der Waals surface area contributed by atoms with E-state index in [-0.39, 0.29) is 5.91 Å². The predicted molar refractivity (Wildman–Crippen MR) is 96.0 cm³/mol. The molecule has 0 radical (unpaired) electrons. The van der Waals surface area contributed by atoms with Gasteiger partial charge in [0, 0.05) is 13.1 Å². The molecule has 1 saturated heterocycles. The second-order valence-corrected chi connectivity index (χ2v) is 6.53. The molecule has 1 amide bonds.